The second-order valence-electron chi connectivity index (χ2n) is 8.35. The minimum absolute atomic E-state index is 0.148. The van der Waals surface area contributed by atoms with Gasteiger partial charge in [-0.1, -0.05) is 25.4 Å². The van der Waals surface area contributed by atoms with Gasteiger partial charge in [-0.2, -0.15) is 0 Å². The minimum Gasteiger partial charge on any atom is -0.494 e. The number of hydrogen-bond donors (Lipinski definition) is 0. The first-order valence-electron chi connectivity index (χ1n) is 11.7. The van der Waals surface area contributed by atoms with Crippen molar-refractivity contribution in [1.82, 2.24) is 14.5 Å². The molecule has 0 amide bonds. The van der Waals surface area contributed by atoms with Crippen LogP contribution in [-0.4, -0.2) is 34.1 Å². The maximum Gasteiger partial charge on any atom is 0.262 e. The Labute approximate surface area is 199 Å². The number of hydrogen-bond acceptors (Lipinski definition) is 5. The molecule has 0 N–H and O–H groups in total. The predicted octanol–water partition coefficient (Wildman–Crippen LogP) is 5.69. The highest BCUT2D eigenvalue weighted by molar-refractivity contribution is 7.18. The van der Waals surface area contributed by atoms with Crippen molar-refractivity contribution >= 4 is 33.2 Å². The lowest BCUT2D eigenvalue weighted by Gasteiger charge is -2.20. The molecule has 1 aliphatic carbocycles. The molecule has 0 fully saturated rings. The van der Waals surface area contributed by atoms with E-state index >= 15 is 0 Å². The zero-order valence-corrected chi connectivity index (χ0v) is 20.6. The molecule has 0 bridgehead atoms. The van der Waals surface area contributed by atoms with E-state index in [1.807, 2.05) is 28.8 Å². The Bertz CT molecular complexity index is 1100. The molecule has 0 aliphatic heterocycles. The number of aryl methyl sites for hydroxylation is 2. The van der Waals surface area contributed by atoms with Crippen LogP contribution in [0.15, 0.2) is 29.1 Å². The Kier molecular flexibility index (Phi) is 7.87. The second kappa shape index (κ2) is 10.8. The molecule has 0 spiro atoms. The van der Waals surface area contributed by atoms with Crippen LogP contribution < -0.4 is 10.3 Å². The summed E-state index contributed by atoms with van der Waals surface area (Å²) in [4.78, 5) is 23.3. The maximum absolute atomic E-state index is 13.6. The van der Waals surface area contributed by atoms with Crippen LogP contribution in [0.5, 0.6) is 5.75 Å². The fourth-order valence-corrected chi connectivity index (χ4v) is 5.77. The van der Waals surface area contributed by atoms with E-state index in [0.29, 0.717) is 24.7 Å². The van der Waals surface area contributed by atoms with E-state index in [0.717, 1.165) is 60.6 Å². The average Bonchev–Trinajstić information content (AvgIpc) is 3.18. The van der Waals surface area contributed by atoms with Crippen molar-refractivity contribution in [1.29, 1.82) is 0 Å². The summed E-state index contributed by atoms with van der Waals surface area (Å²) in [5, 5.41) is 1.58. The number of unbranched alkanes of at least 4 members (excludes halogenated alkanes) is 1. The molecule has 7 heteroatoms. The maximum atomic E-state index is 13.6. The van der Waals surface area contributed by atoms with Crippen LogP contribution in [0.4, 0.5) is 0 Å². The van der Waals surface area contributed by atoms with Gasteiger partial charge in [0.25, 0.3) is 5.56 Å². The molecule has 2 aromatic heterocycles. The highest BCUT2D eigenvalue weighted by Crippen LogP contribution is 2.34. The average molecular weight is 474 g/mol. The van der Waals surface area contributed by atoms with Gasteiger partial charge in [0.2, 0.25) is 0 Å². The minimum atomic E-state index is 0.148. The van der Waals surface area contributed by atoms with Gasteiger partial charge in [-0.3, -0.25) is 14.3 Å². The van der Waals surface area contributed by atoms with Crippen LogP contribution in [0.25, 0.3) is 10.2 Å². The molecule has 2 heterocycles. The zero-order valence-electron chi connectivity index (χ0n) is 19.0. The van der Waals surface area contributed by atoms with Crippen molar-refractivity contribution in [3.8, 4) is 5.75 Å². The van der Waals surface area contributed by atoms with Gasteiger partial charge in [0.05, 0.1) is 18.5 Å². The van der Waals surface area contributed by atoms with Crippen molar-refractivity contribution in [2.75, 3.05) is 19.7 Å². The zero-order chi connectivity index (χ0) is 22.5. The number of rotatable bonds is 10. The van der Waals surface area contributed by atoms with Gasteiger partial charge in [-0.15, -0.1) is 11.3 Å². The first kappa shape index (κ1) is 23.3. The van der Waals surface area contributed by atoms with Crippen molar-refractivity contribution in [2.24, 2.45) is 0 Å². The van der Waals surface area contributed by atoms with Gasteiger partial charge in [0.15, 0.2) is 0 Å². The molecule has 32 heavy (non-hydrogen) atoms. The molecule has 0 atom stereocenters. The number of aromatic nitrogens is 2. The Morgan fingerprint density at radius 1 is 1.12 bits per heavy atom. The summed E-state index contributed by atoms with van der Waals surface area (Å²) in [7, 11) is 0. The monoisotopic (exact) mass is 473 g/mol. The van der Waals surface area contributed by atoms with E-state index < -0.39 is 0 Å². The molecule has 0 unspecified atom stereocenters. The summed E-state index contributed by atoms with van der Waals surface area (Å²) in [5.74, 6) is 1.71. The van der Waals surface area contributed by atoms with Gasteiger partial charge in [-0.05, 0) is 81.4 Å². The molecule has 4 rings (SSSR count). The number of fused-ring (bicyclic) bond motifs is 3. The van der Waals surface area contributed by atoms with E-state index in [1.54, 1.807) is 11.3 Å². The molecular formula is C25H32ClN3O2S. The number of ether oxygens (including phenoxy) is 1. The first-order chi connectivity index (χ1) is 15.6. The highest BCUT2D eigenvalue weighted by atomic mass is 35.5. The van der Waals surface area contributed by atoms with Crippen LogP contribution in [0.3, 0.4) is 0 Å². The van der Waals surface area contributed by atoms with Crippen molar-refractivity contribution in [3.63, 3.8) is 0 Å². The summed E-state index contributed by atoms with van der Waals surface area (Å²) < 4.78 is 7.76. The summed E-state index contributed by atoms with van der Waals surface area (Å²) in [5.41, 5.74) is 1.41. The van der Waals surface area contributed by atoms with Crippen molar-refractivity contribution in [3.05, 3.63) is 55.9 Å². The van der Waals surface area contributed by atoms with Crippen LogP contribution in [0.2, 0.25) is 5.02 Å². The van der Waals surface area contributed by atoms with E-state index in [4.69, 9.17) is 21.3 Å². The summed E-state index contributed by atoms with van der Waals surface area (Å²) >= 11 is 7.67. The van der Waals surface area contributed by atoms with E-state index in [1.165, 1.54) is 23.3 Å². The normalized spacial score (nSPS) is 13.6. The lowest BCUT2D eigenvalue weighted by atomic mass is 9.97. The third kappa shape index (κ3) is 5.19. The highest BCUT2D eigenvalue weighted by Gasteiger charge is 2.22. The standard InChI is InChI=1S/C25H32ClN3O2S/c1-3-28(4-2)17-22-27-24-23(20-9-5-6-10-21(20)32-24)25(30)29(22)15-7-8-16-31-19-13-11-18(26)12-14-19/h11-14H,3-10,15-17H2,1-2H3. The summed E-state index contributed by atoms with van der Waals surface area (Å²) in [6.07, 6.45) is 6.23. The van der Waals surface area contributed by atoms with E-state index in [9.17, 15) is 4.79 Å². The molecule has 0 radical (unpaired) electrons. The fraction of sp³-hybridized carbons (Fsp3) is 0.520. The van der Waals surface area contributed by atoms with E-state index in [-0.39, 0.29) is 5.56 Å². The Morgan fingerprint density at radius 2 is 1.88 bits per heavy atom. The van der Waals surface area contributed by atoms with Gasteiger partial charge in [0, 0.05) is 16.4 Å². The lowest BCUT2D eigenvalue weighted by molar-refractivity contribution is 0.278. The fourth-order valence-electron chi connectivity index (χ4n) is 4.37. The van der Waals surface area contributed by atoms with Gasteiger partial charge < -0.3 is 4.74 Å². The van der Waals surface area contributed by atoms with Crippen molar-refractivity contribution < 1.29 is 4.74 Å². The Balaban J connectivity index is 1.52. The molecule has 5 nitrogen and oxygen atoms in total. The van der Waals surface area contributed by atoms with Crippen LogP contribution in [0.1, 0.15) is 55.8 Å². The lowest BCUT2D eigenvalue weighted by Crippen LogP contribution is -2.31. The topological polar surface area (TPSA) is 47.4 Å². The van der Waals surface area contributed by atoms with E-state index in [2.05, 4.69) is 18.7 Å². The van der Waals surface area contributed by atoms with Crippen LogP contribution >= 0.6 is 22.9 Å². The number of halogens is 1. The molecular weight excluding hydrogens is 442 g/mol. The Hall–Kier alpha value is -1.89. The number of nitrogens with zero attached hydrogens (tertiary/aromatic N) is 3. The second-order valence-corrected chi connectivity index (χ2v) is 9.87. The quantitative estimate of drug-likeness (QED) is 0.355. The van der Waals surface area contributed by atoms with Crippen molar-refractivity contribution in [2.45, 2.75) is 65.5 Å². The summed E-state index contributed by atoms with van der Waals surface area (Å²) in [6, 6.07) is 7.43. The summed E-state index contributed by atoms with van der Waals surface area (Å²) in [6.45, 7) is 8.20. The third-order valence-electron chi connectivity index (χ3n) is 6.27. The Morgan fingerprint density at radius 3 is 2.62 bits per heavy atom. The SMILES string of the molecule is CCN(CC)Cc1nc2sc3c(c2c(=O)n1CCCCOc1ccc(Cl)cc1)CCCC3. The molecule has 0 saturated heterocycles. The third-order valence-corrected chi connectivity index (χ3v) is 7.71. The smallest absolute Gasteiger partial charge is 0.262 e. The van der Waals surface area contributed by atoms with Gasteiger partial charge >= 0.3 is 0 Å². The van der Waals surface area contributed by atoms with Crippen LogP contribution in [-0.2, 0) is 25.9 Å². The predicted molar refractivity (Wildman–Crippen MR) is 133 cm³/mol. The molecule has 0 saturated carbocycles. The van der Waals surface area contributed by atoms with Crippen LogP contribution in [0, 0.1) is 0 Å². The largest absolute Gasteiger partial charge is 0.494 e. The molecule has 1 aliphatic rings. The molecule has 3 aromatic rings. The number of benzene rings is 1. The van der Waals surface area contributed by atoms with Gasteiger partial charge in [0.1, 0.15) is 16.4 Å². The van der Waals surface area contributed by atoms with Gasteiger partial charge in [-0.25, -0.2) is 4.98 Å². The number of thiophene rings is 1. The molecule has 1 aromatic carbocycles. The molecule has 172 valence electrons. The first-order valence-corrected chi connectivity index (χ1v) is 12.9.